The van der Waals surface area contributed by atoms with Crippen LogP contribution in [0.15, 0.2) is 54.6 Å². The summed E-state index contributed by atoms with van der Waals surface area (Å²) < 4.78 is 41.1. The molecule has 0 spiro atoms. The topological polar surface area (TPSA) is 58.6 Å². The van der Waals surface area contributed by atoms with Crippen molar-refractivity contribution in [1.29, 1.82) is 0 Å². The van der Waals surface area contributed by atoms with Crippen molar-refractivity contribution < 1.29 is 27.5 Å². The maximum Gasteiger partial charge on any atom is 0.573 e. The van der Waals surface area contributed by atoms with Crippen molar-refractivity contribution >= 4 is 11.8 Å². The predicted octanol–water partition coefficient (Wildman–Crippen LogP) is 3.62. The van der Waals surface area contributed by atoms with Crippen molar-refractivity contribution in [3.8, 4) is 5.75 Å². The van der Waals surface area contributed by atoms with Gasteiger partial charge in [-0.25, -0.2) is 0 Å². The lowest BCUT2D eigenvalue weighted by atomic mass is 10.0. The Morgan fingerprint density at radius 1 is 1.00 bits per heavy atom. The molecule has 2 fully saturated rings. The van der Waals surface area contributed by atoms with Gasteiger partial charge in [0.2, 0.25) is 0 Å². The Bertz CT molecular complexity index is 917. The zero-order valence-electron chi connectivity index (χ0n) is 15.4. The van der Waals surface area contributed by atoms with Gasteiger partial charge in [-0.3, -0.25) is 9.59 Å². The molecule has 2 aromatic carbocycles. The normalized spacial score (nSPS) is 23.1. The van der Waals surface area contributed by atoms with Crippen molar-refractivity contribution in [2.45, 2.75) is 31.3 Å². The van der Waals surface area contributed by atoms with E-state index in [-0.39, 0.29) is 35.4 Å². The molecule has 1 saturated heterocycles. The van der Waals surface area contributed by atoms with Gasteiger partial charge in [0.1, 0.15) is 5.75 Å². The highest BCUT2D eigenvalue weighted by Crippen LogP contribution is 2.39. The summed E-state index contributed by atoms with van der Waals surface area (Å²) in [7, 11) is 0. The maximum absolute atomic E-state index is 12.8. The molecule has 2 aliphatic rings. The van der Waals surface area contributed by atoms with E-state index in [2.05, 4.69) is 10.1 Å². The second kappa shape index (κ2) is 7.42. The maximum atomic E-state index is 12.8. The molecule has 2 aromatic rings. The summed E-state index contributed by atoms with van der Waals surface area (Å²) in [6, 6.07) is 14.0. The van der Waals surface area contributed by atoms with Crippen LogP contribution in [-0.2, 0) is 0 Å². The van der Waals surface area contributed by atoms with Crippen LogP contribution in [0.5, 0.6) is 5.75 Å². The van der Waals surface area contributed by atoms with E-state index < -0.39 is 12.1 Å². The van der Waals surface area contributed by atoms with Crippen LogP contribution in [0.4, 0.5) is 13.2 Å². The number of rotatable bonds is 4. The Morgan fingerprint density at radius 3 is 2.38 bits per heavy atom. The molecule has 1 saturated carbocycles. The number of nitrogens with one attached hydrogen (secondary N) is 1. The molecule has 3 atom stereocenters. The smallest absolute Gasteiger partial charge is 0.406 e. The Kier molecular flexibility index (Phi) is 4.94. The highest BCUT2D eigenvalue weighted by Gasteiger charge is 2.47. The minimum absolute atomic E-state index is 0.0170. The Balaban J connectivity index is 1.39. The summed E-state index contributed by atoms with van der Waals surface area (Å²) in [5.41, 5.74) is 0.744. The van der Waals surface area contributed by atoms with Crippen LogP contribution in [0, 0.1) is 5.92 Å². The number of piperidine rings is 1. The van der Waals surface area contributed by atoms with E-state index in [1.54, 1.807) is 29.2 Å². The van der Waals surface area contributed by atoms with Gasteiger partial charge in [-0.05, 0) is 49.1 Å². The molecular formula is C21H19F3N2O3. The van der Waals surface area contributed by atoms with E-state index in [0.29, 0.717) is 18.5 Å². The number of hydrogen-bond acceptors (Lipinski definition) is 3. The van der Waals surface area contributed by atoms with Crippen LogP contribution >= 0.6 is 0 Å². The van der Waals surface area contributed by atoms with E-state index in [1.807, 2.05) is 6.07 Å². The van der Waals surface area contributed by atoms with Crippen LogP contribution in [0.3, 0.4) is 0 Å². The minimum atomic E-state index is -4.81. The Labute approximate surface area is 165 Å². The fourth-order valence-corrected chi connectivity index (χ4v) is 4.21. The summed E-state index contributed by atoms with van der Waals surface area (Å²) in [4.78, 5) is 26.9. The first-order valence-electron chi connectivity index (χ1n) is 9.33. The third-order valence-electron chi connectivity index (χ3n) is 5.47. The second-order valence-electron chi connectivity index (χ2n) is 7.36. The number of fused-ring (bicyclic) bond motifs is 2. The molecule has 29 heavy (non-hydrogen) atoms. The first-order valence-corrected chi connectivity index (χ1v) is 9.33. The highest BCUT2D eigenvalue weighted by atomic mass is 19.4. The van der Waals surface area contributed by atoms with Gasteiger partial charge in [-0.1, -0.05) is 24.3 Å². The third kappa shape index (κ3) is 4.21. The summed E-state index contributed by atoms with van der Waals surface area (Å²) >= 11 is 0. The largest absolute Gasteiger partial charge is 0.573 e. The fourth-order valence-electron chi connectivity index (χ4n) is 4.21. The second-order valence-corrected chi connectivity index (χ2v) is 7.36. The molecule has 4 rings (SSSR count). The van der Waals surface area contributed by atoms with Gasteiger partial charge >= 0.3 is 6.36 Å². The number of halogens is 3. The van der Waals surface area contributed by atoms with Crippen LogP contribution in [0.25, 0.3) is 0 Å². The van der Waals surface area contributed by atoms with Gasteiger partial charge in [0, 0.05) is 29.8 Å². The molecule has 1 N–H and O–H groups in total. The van der Waals surface area contributed by atoms with Crippen LogP contribution in [-0.4, -0.2) is 41.7 Å². The van der Waals surface area contributed by atoms with Gasteiger partial charge in [0.25, 0.3) is 11.8 Å². The van der Waals surface area contributed by atoms with Gasteiger partial charge in [0.15, 0.2) is 0 Å². The van der Waals surface area contributed by atoms with Crippen molar-refractivity contribution in [2.24, 2.45) is 5.92 Å². The molecule has 0 unspecified atom stereocenters. The van der Waals surface area contributed by atoms with E-state index in [0.717, 1.165) is 18.6 Å². The van der Waals surface area contributed by atoms with Crippen LogP contribution in [0.2, 0.25) is 0 Å². The quantitative estimate of drug-likeness (QED) is 0.847. The average Bonchev–Trinajstić information content (AvgIpc) is 3.27. The number of hydrogen-bond donors (Lipinski definition) is 1. The number of carbonyl (C=O) groups is 2. The molecule has 8 heteroatoms. The third-order valence-corrected chi connectivity index (χ3v) is 5.47. The summed E-state index contributed by atoms with van der Waals surface area (Å²) in [5, 5.41) is 3.04. The standard InChI is InChI=1S/C21H19F3N2O3/c22-21(23,24)29-17-8-4-7-14(10-17)20(28)26-12-15-9-16(26)11-18(15)25-19(27)13-5-2-1-3-6-13/h1-8,10,15-16,18H,9,11-12H2,(H,25,27)/t15-,16-,18-/m0/s1. The van der Waals surface area contributed by atoms with Gasteiger partial charge in [-0.15, -0.1) is 13.2 Å². The zero-order valence-corrected chi connectivity index (χ0v) is 15.4. The molecule has 152 valence electrons. The molecule has 1 heterocycles. The summed E-state index contributed by atoms with van der Waals surface area (Å²) in [6.07, 6.45) is -3.41. The van der Waals surface area contributed by atoms with E-state index >= 15 is 0 Å². The van der Waals surface area contributed by atoms with Crippen LogP contribution in [0.1, 0.15) is 33.6 Å². The van der Waals surface area contributed by atoms with Gasteiger partial charge < -0.3 is 15.0 Å². The number of alkyl halides is 3. The monoisotopic (exact) mass is 404 g/mol. The molecule has 1 aliphatic carbocycles. The first-order chi connectivity index (χ1) is 13.8. The van der Waals surface area contributed by atoms with Crippen LogP contribution < -0.4 is 10.1 Å². The number of amides is 2. The lowest BCUT2D eigenvalue weighted by molar-refractivity contribution is -0.274. The first kappa shape index (κ1) is 19.3. The Morgan fingerprint density at radius 2 is 1.72 bits per heavy atom. The number of likely N-dealkylation sites (tertiary alicyclic amines) is 1. The molecule has 2 amide bonds. The van der Waals surface area contributed by atoms with E-state index in [9.17, 15) is 22.8 Å². The molecular weight excluding hydrogens is 385 g/mol. The highest BCUT2D eigenvalue weighted by molar-refractivity contribution is 5.96. The van der Waals surface area contributed by atoms with E-state index in [4.69, 9.17) is 0 Å². The van der Waals surface area contributed by atoms with Crippen molar-refractivity contribution in [3.05, 3.63) is 65.7 Å². The van der Waals surface area contributed by atoms with Crippen molar-refractivity contribution in [3.63, 3.8) is 0 Å². The SMILES string of the molecule is O=C(N[C@H]1C[C@@H]2C[C@H]1CN2C(=O)c1cccc(OC(F)(F)F)c1)c1ccccc1. The molecule has 5 nitrogen and oxygen atoms in total. The van der Waals surface area contributed by atoms with Gasteiger partial charge in [0.05, 0.1) is 0 Å². The predicted molar refractivity (Wildman–Crippen MR) is 98.4 cm³/mol. The fraction of sp³-hybridized carbons (Fsp3) is 0.333. The molecule has 2 bridgehead atoms. The average molecular weight is 404 g/mol. The number of nitrogens with zero attached hydrogens (tertiary/aromatic N) is 1. The van der Waals surface area contributed by atoms with E-state index in [1.165, 1.54) is 12.1 Å². The number of ether oxygens (including phenoxy) is 1. The zero-order chi connectivity index (χ0) is 20.6. The lowest BCUT2D eigenvalue weighted by Crippen LogP contribution is -2.47. The number of carbonyl (C=O) groups excluding carboxylic acids is 2. The van der Waals surface area contributed by atoms with Crippen molar-refractivity contribution in [1.82, 2.24) is 10.2 Å². The minimum Gasteiger partial charge on any atom is -0.406 e. The lowest BCUT2D eigenvalue weighted by Gasteiger charge is -2.32. The summed E-state index contributed by atoms with van der Waals surface area (Å²) in [5.74, 6) is -0.747. The summed E-state index contributed by atoms with van der Waals surface area (Å²) in [6.45, 7) is 0.466. The Hall–Kier alpha value is -3.03. The number of benzene rings is 2. The van der Waals surface area contributed by atoms with Crippen molar-refractivity contribution in [2.75, 3.05) is 6.54 Å². The molecule has 0 radical (unpaired) electrons. The molecule has 0 aromatic heterocycles. The van der Waals surface area contributed by atoms with Gasteiger partial charge in [-0.2, -0.15) is 0 Å². The molecule has 1 aliphatic heterocycles.